The van der Waals surface area contributed by atoms with Gasteiger partial charge in [0.2, 0.25) is 0 Å². The topological polar surface area (TPSA) is 46.3 Å². The molecule has 1 aromatic heterocycles. The van der Waals surface area contributed by atoms with Crippen molar-refractivity contribution >= 4 is 0 Å². The minimum Gasteiger partial charge on any atom is -0.448 e. The summed E-state index contributed by atoms with van der Waals surface area (Å²) >= 11 is 0. The Labute approximate surface area is 101 Å². The van der Waals surface area contributed by atoms with Gasteiger partial charge in [0.1, 0.15) is 12.0 Å². The molecule has 0 aliphatic carbocycles. The maximum absolute atomic E-state index is 12.7. The molecular formula is C12H10F3NO2. The van der Waals surface area contributed by atoms with Gasteiger partial charge in [-0.3, -0.25) is 0 Å². The molecule has 2 aromatic rings. The molecule has 1 aromatic carbocycles. The van der Waals surface area contributed by atoms with Gasteiger partial charge in [0.25, 0.3) is 0 Å². The fourth-order valence-corrected chi connectivity index (χ4v) is 1.62. The lowest BCUT2D eigenvalue weighted by molar-refractivity contribution is -0.138. The number of nitrogens with zero attached hydrogens (tertiary/aromatic N) is 1. The molecule has 96 valence electrons. The molecule has 0 amide bonds. The molecule has 0 aliphatic rings. The number of hydrogen-bond acceptors (Lipinski definition) is 3. The third kappa shape index (κ3) is 2.70. The van der Waals surface area contributed by atoms with Crippen molar-refractivity contribution in [3.8, 4) is 0 Å². The van der Waals surface area contributed by atoms with E-state index in [0.717, 1.165) is 6.07 Å². The highest BCUT2D eigenvalue weighted by Crippen LogP contribution is 2.32. The minimum absolute atomic E-state index is 0.0598. The monoisotopic (exact) mass is 257 g/mol. The van der Waals surface area contributed by atoms with Crippen LogP contribution in [0.2, 0.25) is 0 Å². The molecule has 0 bridgehead atoms. The zero-order valence-corrected chi connectivity index (χ0v) is 9.24. The SMILES string of the molecule is OCc1coc(Cc2ccccc2C(F)(F)F)n1. The van der Waals surface area contributed by atoms with Gasteiger partial charge in [0.05, 0.1) is 12.2 Å². The van der Waals surface area contributed by atoms with E-state index in [1.54, 1.807) is 0 Å². The maximum atomic E-state index is 12.7. The van der Waals surface area contributed by atoms with Gasteiger partial charge in [-0.2, -0.15) is 13.2 Å². The zero-order valence-electron chi connectivity index (χ0n) is 9.24. The summed E-state index contributed by atoms with van der Waals surface area (Å²) in [5.74, 6) is 0.149. The molecule has 3 nitrogen and oxygen atoms in total. The largest absolute Gasteiger partial charge is 0.448 e. The van der Waals surface area contributed by atoms with Gasteiger partial charge >= 0.3 is 6.18 Å². The number of aliphatic hydroxyl groups excluding tert-OH is 1. The second kappa shape index (κ2) is 4.81. The van der Waals surface area contributed by atoms with E-state index >= 15 is 0 Å². The first kappa shape index (κ1) is 12.6. The van der Waals surface area contributed by atoms with E-state index in [1.165, 1.54) is 24.5 Å². The van der Waals surface area contributed by atoms with Gasteiger partial charge in [-0.25, -0.2) is 4.98 Å². The summed E-state index contributed by atoms with van der Waals surface area (Å²) in [5, 5.41) is 8.80. The van der Waals surface area contributed by atoms with Crippen LogP contribution in [0.25, 0.3) is 0 Å². The predicted octanol–water partition coefficient (Wildman–Crippen LogP) is 2.78. The number of halogens is 3. The Bertz CT molecular complexity index is 534. The molecule has 1 N–H and O–H groups in total. The zero-order chi connectivity index (χ0) is 13.2. The second-order valence-electron chi connectivity index (χ2n) is 3.72. The summed E-state index contributed by atoms with van der Waals surface area (Å²) in [4.78, 5) is 3.86. The van der Waals surface area contributed by atoms with Crippen LogP contribution < -0.4 is 0 Å². The van der Waals surface area contributed by atoms with E-state index in [2.05, 4.69) is 4.98 Å². The van der Waals surface area contributed by atoms with Crippen molar-refractivity contribution in [2.75, 3.05) is 0 Å². The summed E-state index contributed by atoms with van der Waals surface area (Å²) in [7, 11) is 0. The Morgan fingerprint density at radius 2 is 1.94 bits per heavy atom. The molecule has 0 saturated carbocycles. The molecule has 6 heteroatoms. The molecule has 0 aliphatic heterocycles. The van der Waals surface area contributed by atoms with E-state index in [-0.39, 0.29) is 24.5 Å². The van der Waals surface area contributed by atoms with E-state index < -0.39 is 11.7 Å². The van der Waals surface area contributed by atoms with Crippen molar-refractivity contribution in [3.63, 3.8) is 0 Å². The van der Waals surface area contributed by atoms with Crippen molar-refractivity contribution in [2.45, 2.75) is 19.2 Å². The first-order valence-electron chi connectivity index (χ1n) is 5.20. The molecule has 18 heavy (non-hydrogen) atoms. The Kier molecular flexibility index (Phi) is 3.38. The van der Waals surface area contributed by atoms with Crippen LogP contribution in [0.5, 0.6) is 0 Å². The maximum Gasteiger partial charge on any atom is 0.416 e. The van der Waals surface area contributed by atoms with Crippen LogP contribution in [-0.2, 0) is 19.2 Å². The molecule has 1 heterocycles. The molecule has 0 atom stereocenters. The third-order valence-electron chi connectivity index (χ3n) is 2.43. The average Bonchev–Trinajstić information content (AvgIpc) is 2.76. The Morgan fingerprint density at radius 1 is 1.22 bits per heavy atom. The van der Waals surface area contributed by atoms with Crippen LogP contribution in [0.15, 0.2) is 34.9 Å². The van der Waals surface area contributed by atoms with Crippen molar-refractivity contribution in [3.05, 3.63) is 53.2 Å². The normalized spacial score (nSPS) is 11.8. The molecule has 2 rings (SSSR count). The lowest BCUT2D eigenvalue weighted by Crippen LogP contribution is -2.09. The molecule has 0 unspecified atom stereocenters. The highest BCUT2D eigenvalue weighted by atomic mass is 19.4. The highest BCUT2D eigenvalue weighted by Gasteiger charge is 2.33. The second-order valence-corrected chi connectivity index (χ2v) is 3.72. The smallest absolute Gasteiger partial charge is 0.416 e. The van der Waals surface area contributed by atoms with Gasteiger partial charge in [-0.1, -0.05) is 18.2 Å². The summed E-state index contributed by atoms with van der Waals surface area (Å²) in [6, 6.07) is 5.26. The van der Waals surface area contributed by atoms with Crippen molar-refractivity contribution in [1.29, 1.82) is 0 Å². The van der Waals surface area contributed by atoms with Crippen LogP contribution in [0.4, 0.5) is 13.2 Å². The van der Waals surface area contributed by atoms with Crippen LogP contribution in [0.3, 0.4) is 0 Å². The van der Waals surface area contributed by atoms with Gasteiger partial charge in [0, 0.05) is 6.42 Å². The molecule has 0 radical (unpaired) electrons. The van der Waals surface area contributed by atoms with Crippen molar-refractivity contribution in [1.82, 2.24) is 4.98 Å². The quantitative estimate of drug-likeness (QED) is 0.919. The summed E-state index contributed by atoms with van der Waals surface area (Å²) in [6.07, 6.45) is -3.23. The van der Waals surface area contributed by atoms with E-state index in [1.807, 2.05) is 0 Å². The van der Waals surface area contributed by atoms with Crippen molar-refractivity contribution in [2.24, 2.45) is 0 Å². The molecule has 0 saturated heterocycles. The summed E-state index contributed by atoms with van der Waals surface area (Å²) in [6.45, 7) is -0.301. The predicted molar refractivity (Wildman–Crippen MR) is 56.7 cm³/mol. The number of aliphatic hydroxyl groups is 1. The Balaban J connectivity index is 2.29. The number of alkyl halides is 3. The lowest BCUT2D eigenvalue weighted by atomic mass is 10.0. The first-order valence-corrected chi connectivity index (χ1v) is 5.20. The van der Waals surface area contributed by atoms with E-state index in [4.69, 9.17) is 9.52 Å². The number of oxazole rings is 1. The number of rotatable bonds is 3. The van der Waals surface area contributed by atoms with Gasteiger partial charge < -0.3 is 9.52 Å². The average molecular weight is 257 g/mol. The third-order valence-corrected chi connectivity index (χ3v) is 2.43. The van der Waals surface area contributed by atoms with Gasteiger partial charge in [0.15, 0.2) is 5.89 Å². The molecule has 0 fully saturated rings. The summed E-state index contributed by atoms with van der Waals surface area (Å²) < 4.78 is 43.2. The van der Waals surface area contributed by atoms with E-state index in [0.29, 0.717) is 5.69 Å². The molecular weight excluding hydrogens is 247 g/mol. The van der Waals surface area contributed by atoms with Crippen molar-refractivity contribution < 1.29 is 22.7 Å². The highest BCUT2D eigenvalue weighted by molar-refractivity contribution is 5.31. The Hall–Kier alpha value is -1.82. The first-order chi connectivity index (χ1) is 8.50. The van der Waals surface area contributed by atoms with Crippen LogP contribution in [-0.4, -0.2) is 10.1 Å². The van der Waals surface area contributed by atoms with Gasteiger partial charge in [-0.05, 0) is 11.6 Å². The summed E-state index contributed by atoms with van der Waals surface area (Å²) in [5.41, 5.74) is -0.306. The van der Waals surface area contributed by atoms with Crippen LogP contribution in [0, 0.1) is 0 Å². The molecule has 0 spiro atoms. The number of aromatic nitrogens is 1. The standard InChI is InChI=1S/C12H10F3NO2/c13-12(14,15)10-4-2-1-3-8(10)5-11-16-9(6-17)7-18-11/h1-4,7,17H,5-6H2. The van der Waals surface area contributed by atoms with E-state index in [9.17, 15) is 13.2 Å². The minimum atomic E-state index is -4.40. The Morgan fingerprint density at radius 3 is 2.56 bits per heavy atom. The number of hydrogen-bond donors (Lipinski definition) is 1. The fourth-order valence-electron chi connectivity index (χ4n) is 1.62. The van der Waals surface area contributed by atoms with Crippen LogP contribution in [0.1, 0.15) is 22.7 Å². The van der Waals surface area contributed by atoms with Gasteiger partial charge in [-0.15, -0.1) is 0 Å². The number of benzene rings is 1. The van der Waals surface area contributed by atoms with Crippen LogP contribution >= 0.6 is 0 Å². The lowest BCUT2D eigenvalue weighted by Gasteiger charge is -2.10. The fraction of sp³-hybridized carbons (Fsp3) is 0.250.